The Bertz CT molecular complexity index is 728. The van der Waals surface area contributed by atoms with Crippen LogP contribution in [0.2, 0.25) is 0 Å². The maximum atomic E-state index is 12.1. The second-order valence-electron chi connectivity index (χ2n) is 14.4. The van der Waals surface area contributed by atoms with E-state index in [0.717, 1.165) is 51.4 Å². The van der Waals surface area contributed by atoms with Crippen molar-refractivity contribution in [2.24, 2.45) is 0 Å². The lowest BCUT2D eigenvalue weighted by Gasteiger charge is -2.15. The van der Waals surface area contributed by atoms with Crippen molar-refractivity contribution in [3.63, 3.8) is 0 Å². The standard InChI is InChI=1S/C45H84O4/c1-3-5-7-9-11-13-15-17-18-19-20-21-22-23-24-25-26-27-29-31-33-35-37-39-41-48-43-44(42-46)49-45(47)40-38-36-34-32-30-28-16-14-12-10-8-6-4-2/h6,8,12,14,28,30,44,46H,3-5,7,9-11,13,15-27,29,31-43H2,1-2H3/b8-6-,14-12-,30-28-. The second-order valence-corrected chi connectivity index (χ2v) is 14.4. The largest absolute Gasteiger partial charge is 0.457 e. The van der Waals surface area contributed by atoms with E-state index in [1.165, 1.54) is 148 Å². The van der Waals surface area contributed by atoms with E-state index in [0.29, 0.717) is 13.0 Å². The van der Waals surface area contributed by atoms with Crippen molar-refractivity contribution < 1.29 is 19.4 Å². The smallest absolute Gasteiger partial charge is 0.306 e. The van der Waals surface area contributed by atoms with Gasteiger partial charge in [-0.15, -0.1) is 0 Å². The van der Waals surface area contributed by atoms with Crippen molar-refractivity contribution in [1.29, 1.82) is 0 Å². The topological polar surface area (TPSA) is 55.8 Å². The Labute approximate surface area is 306 Å². The van der Waals surface area contributed by atoms with Crippen LogP contribution in [0.25, 0.3) is 0 Å². The molecule has 49 heavy (non-hydrogen) atoms. The highest BCUT2D eigenvalue weighted by Gasteiger charge is 2.13. The average molecular weight is 689 g/mol. The third kappa shape index (κ3) is 40.9. The number of hydrogen-bond donors (Lipinski definition) is 1. The lowest BCUT2D eigenvalue weighted by atomic mass is 10.0. The Hall–Kier alpha value is -1.39. The molecule has 4 heteroatoms. The van der Waals surface area contributed by atoms with Gasteiger partial charge in [0.15, 0.2) is 0 Å². The highest BCUT2D eigenvalue weighted by molar-refractivity contribution is 5.69. The van der Waals surface area contributed by atoms with E-state index < -0.39 is 6.10 Å². The minimum Gasteiger partial charge on any atom is -0.457 e. The van der Waals surface area contributed by atoms with Crippen LogP contribution in [-0.4, -0.2) is 37.0 Å². The van der Waals surface area contributed by atoms with Crippen molar-refractivity contribution in [2.45, 2.75) is 225 Å². The van der Waals surface area contributed by atoms with E-state index in [2.05, 4.69) is 50.3 Å². The maximum absolute atomic E-state index is 12.1. The van der Waals surface area contributed by atoms with Gasteiger partial charge in [-0.2, -0.15) is 0 Å². The highest BCUT2D eigenvalue weighted by atomic mass is 16.6. The molecule has 0 aliphatic rings. The van der Waals surface area contributed by atoms with Crippen LogP contribution in [0.5, 0.6) is 0 Å². The van der Waals surface area contributed by atoms with E-state index >= 15 is 0 Å². The van der Waals surface area contributed by atoms with Gasteiger partial charge in [-0.3, -0.25) is 4.79 Å². The Morgan fingerprint density at radius 3 is 1.37 bits per heavy atom. The first-order valence-electron chi connectivity index (χ1n) is 21.6. The van der Waals surface area contributed by atoms with Crippen molar-refractivity contribution in [3.05, 3.63) is 36.5 Å². The van der Waals surface area contributed by atoms with Crippen LogP contribution in [0.15, 0.2) is 36.5 Å². The molecule has 1 unspecified atom stereocenters. The Kier molecular flexibility index (Phi) is 41.6. The summed E-state index contributed by atoms with van der Waals surface area (Å²) in [6.45, 7) is 5.23. The number of carbonyl (C=O) groups excluding carboxylic acids is 1. The maximum Gasteiger partial charge on any atom is 0.306 e. The van der Waals surface area contributed by atoms with E-state index in [1.807, 2.05) is 0 Å². The fourth-order valence-electron chi connectivity index (χ4n) is 6.28. The van der Waals surface area contributed by atoms with Crippen LogP contribution in [0, 0.1) is 0 Å². The summed E-state index contributed by atoms with van der Waals surface area (Å²) >= 11 is 0. The van der Waals surface area contributed by atoms with Crippen molar-refractivity contribution in [2.75, 3.05) is 19.8 Å². The number of rotatable bonds is 40. The second kappa shape index (κ2) is 42.8. The predicted octanol–water partition coefficient (Wildman–Crippen LogP) is 14.1. The molecule has 0 bridgehead atoms. The number of aliphatic hydroxyl groups excluding tert-OH is 1. The van der Waals surface area contributed by atoms with E-state index in [-0.39, 0.29) is 19.2 Å². The van der Waals surface area contributed by atoms with Crippen molar-refractivity contribution in [3.8, 4) is 0 Å². The minimum atomic E-state index is -0.546. The van der Waals surface area contributed by atoms with Crippen LogP contribution in [0.4, 0.5) is 0 Å². The third-order valence-electron chi connectivity index (χ3n) is 9.48. The van der Waals surface area contributed by atoms with Gasteiger partial charge in [0, 0.05) is 13.0 Å². The zero-order chi connectivity index (χ0) is 35.6. The fourth-order valence-corrected chi connectivity index (χ4v) is 6.28. The predicted molar refractivity (Wildman–Crippen MR) is 214 cm³/mol. The van der Waals surface area contributed by atoms with Gasteiger partial charge in [-0.05, 0) is 44.9 Å². The average Bonchev–Trinajstić information content (AvgIpc) is 3.11. The van der Waals surface area contributed by atoms with Gasteiger partial charge in [0.25, 0.3) is 0 Å². The Morgan fingerprint density at radius 2 is 0.918 bits per heavy atom. The van der Waals surface area contributed by atoms with Crippen LogP contribution < -0.4 is 0 Å². The van der Waals surface area contributed by atoms with Crippen LogP contribution >= 0.6 is 0 Å². The summed E-state index contributed by atoms with van der Waals surface area (Å²) in [6, 6.07) is 0. The molecule has 0 spiro atoms. The van der Waals surface area contributed by atoms with Crippen molar-refractivity contribution >= 4 is 5.97 Å². The molecule has 1 N–H and O–H groups in total. The van der Waals surface area contributed by atoms with E-state index in [4.69, 9.17) is 9.47 Å². The molecule has 0 saturated carbocycles. The van der Waals surface area contributed by atoms with Crippen LogP contribution in [0.3, 0.4) is 0 Å². The van der Waals surface area contributed by atoms with Gasteiger partial charge in [-0.25, -0.2) is 0 Å². The molecule has 0 aromatic heterocycles. The van der Waals surface area contributed by atoms with Gasteiger partial charge < -0.3 is 14.6 Å². The van der Waals surface area contributed by atoms with Crippen LogP contribution in [0.1, 0.15) is 219 Å². The first kappa shape index (κ1) is 47.6. The van der Waals surface area contributed by atoms with Crippen LogP contribution in [-0.2, 0) is 14.3 Å². The summed E-state index contributed by atoms with van der Waals surface area (Å²) in [7, 11) is 0. The monoisotopic (exact) mass is 689 g/mol. The SMILES string of the molecule is CC/C=C\C/C=C\C/C=C\CCCCCC(=O)OC(CO)COCCCCCCCCCCCCCCCCCCCCCCCCCC. The quantitative estimate of drug-likeness (QED) is 0.0395. The van der Waals surface area contributed by atoms with Gasteiger partial charge in [-0.1, -0.05) is 204 Å². The summed E-state index contributed by atoms with van der Waals surface area (Å²) in [5.41, 5.74) is 0. The normalized spacial score (nSPS) is 12.6. The fraction of sp³-hybridized carbons (Fsp3) is 0.844. The molecule has 1 atom stereocenters. The third-order valence-corrected chi connectivity index (χ3v) is 9.48. The molecular formula is C45H84O4. The number of ether oxygens (including phenoxy) is 2. The Morgan fingerprint density at radius 1 is 0.510 bits per heavy atom. The first-order valence-corrected chi connectivity index (χ1v) is 21.6. The number of esters is 1. The number of hydrogen-bond acceptors (Lipinski definition) is 4. The molecule has 288 valence electrons. The molecule has 0 heterocycles. The number of aliphatic hydroxyl groups is 1. The summed E-state index contributed by atoms with van der Waals surface area (Å²) in [5.74, 6) is -0.227. The number of allylic oxidation sites excluding steroid dienone is 6. The molecular weight excluding hydrogens is 604 g/mol. The van der Waals surface area contributed by atoms with Crippen molar-refractivity contribution in [1.82, 2.24) is 0 Å². The molecule has 0 saturated heterocycles. The molecule has 0 aromatic carbocycles. The summed E-state index contributed by atoms with van der Waals surface area (Å²) in [4.78, 5) is 12.1. The summed E-state index contributed by atoms with van der Waals surface area (Å²) in [5, 5.41) is 9.58. The lowest BCUT2D eigenvalue weighted by molar-refractivity contribution is -0.154. The molecule has 0 amide bonds. The van der Waals surface area contributed by atoms with E-state index in [9.17, 15) is 9.90 Å². The van der Waals surface area contributed by atoms with Gasteiger partial charge in [0.2, 0.25) is 0 Å². The molecule has 0 aliphatic carbocycles. The molecule has 0 aliphatic heterocycles. The summed E-state index contributed by atoms with van der Waals surface area (Å²) in [6.07, 6.45) is 53.6. The van der Waals surface area contributed by atoms with Gasteiger partial charge in [0.05, 0.1) is 13.2 Å². The van der Waals surface area contributed by atoms with Gasteiger partial charge >= 0.3 is 5.97 Å². The number of unbranched alkanes of at least 4 members (excludes halogenated alkanes) is 26. The molecule has 0 rings (SSSR count). The summed E-state index contributed by atoms with van der Waals surface area (Å²) < 4.78 is 11.1. The highest BCUT2D eigenvalue weighted by Crippen LogP contribution is 2.16. The zero-order valence-electron chi connectivity index (χ0n) is 33.0. The minimum absolute atomic E-state index is 0.181. The molecule has 0 fully saturated rings. The van der Waals surface area contributed by atoms with Gasteiger partial charge in [0.1, 0.15) is 6.10 Å². The van der Waals surface area contributed by atoms with E-state index in [1.54, 1.807) is 0 Å². The number of carbonyl (C=O) groups is 1. The molecule has 4 nitrogen and oxygen atoms in total. The molecule has 0 aromatic rings. The zero-order valence-corrected chi connectivity index (χ0v) is 33.0. The Balaban J connectivity index is 3.37. The first-order chi connectivity index (χ1) is 24.2. The lowest BCUT2D eigenvalue weighted by Crippen LogP contribution is -2.27. The molecule has 0 radical (unpaired) electrons.